The lowest BCUT2D eigenvalue weighted by Crippen LogP contribution is -2.56. The summed E-state index contributed by atoms with van der Waals surface area (Å²) in [5, 5.41) is 0. The zero-order valence-corrected chi connectivity index (χ0v) is 22.6. The number of piperazine rings is 1. The SMILES string of the molecule is [C-]#[N+]C[C@H]1CN(c2nc(OC[C@@H]3CCCN3C)nc3c2CCC2(CCc4ccccc42)O3)CCN1C(=O)C=C. The number of likely N-dealkylation sites (N-methyl/N-ethyl adjacent to an activating group) is 1. The number of aryl methyl sites for hydroxylation is 1. The molecule has 6 rings (SSSR count). The van der Waals surface area contributed by atoms with Crippen molar-refractivity contribution in [3.63, 3.8) is 0 Å². The number of hydrogen-bond donors (Lipinski definition) is 0. The number of carbonyl (C=O) groups is 1. The van der Waals surface area contributed by atoms with Crippen molar-refractivity contribution in [3.05, 3.63) is 65.0 Å². The molecule has 1 aromatic carbocycles. The molecule has 3 atom stereocenters. The average molecular weight is 529 g/mol. The van der Waals surface area contributed by atoms with Gasteiger partial charge in [-0.25, -0.2) is 6.57 Å². The molecule has 1 aromatic heterocycles. The number of hydrogen-bond acceptors (Lipinski definition) is 7. The molecule has 9 nitrogen and oxygen atoms in total. The summed E-state index contributed by atoms with van der Waals surface area (Å²) in [6.45, 7) is 14.6. The van der Waals surface area contributed by atoms with Gasteiger partial charge < -0.3 is 29.0 Å². The molecular formula is C30H36N6O3. The van der Waals surface area contributed by atoms with E-state index in [9.17, 15) is 4.79 Å². The Morgan fingerprint density at radius 3 is 2.87 bits per heavy atom. The second kappa shape index (κ2) is 10.5. The molecule has 1 amide bonds. The number of amides is 1. The first-order valence-electron chi connectivity index (χ1n) is 14.0. The molecule has 0 bridgehead atoms. The Hall–Kier alpha value is -3.64. The first-order chi connectivity index (χ1) is 19.0. The minimum atomic E-state index is -0.375. The van der Waals surface area contributed by atoms with Crippen LogP contribution >= 0.6 is 0 Å². The molecule has 2 saturated heterocycles. The number of ether oxygens (including phenoxy) is 2. The molecule has 1 unspecified atom stereocenters. The number of benzene rings is 1. The Labute approximate surface area is 230 Å². The summed E-state index contributed by atoms with van der Waals surface area (Å²) in [6, 6.07) is 9.01. The third-order valence-electron chi connectivity index (χ3n) is 8.92. The highest BCUT2D eigenvalue weighted by Crippen LogP contribution is 2.49. The van der Waals surface area contributed by atoms with E-state index >= 15 is 0 Å². The zero-order chi connectivity index (χ0) is 27.0. The van der Waals surface area contributed by atoms with E-state index in [1.54, 1.807) is 4.90 Å². The van der Waals surface area contributed by atoms with Gasteiger partial charge in [0, 0.05) is 25.7 Å². The minimum Gasteiger partial charge on any atom is -0.466 e. The van der Waals surface area contributed by atoms with E-state index in [1.165, 1.54) is 23.6 Å². The predicted molar refractivity (Wildman–Crippen MR) is 148 cm³/mol. The van der Waals surface area contributed by atoms with Crippen LogP contribution in [0, 0.1) is 6.57 Å². The van der Waals surface area contributed by atoms with Crippen LogP contribution in [-0.2, 0) is 23.2 Å². The second-order valence-electron chi connectivity index (χ2n) is 11.1. The summed E-state index contributed by atoms with van der Waals surface area (Å²) >= 11 is 0. The Kier molecular flexibility index (Phi) is 6.90. The van der Waals surface area contributed by atoms with Crippen LogP contribution in [0.15, 0.2) is 36.9 Å². The number of rotatable bonds is 6. The van der Waals surface area contributed by atoms with Crippen molar-refractivity contribution in [2.24, 2.45) is 0 Å². The predicted octanol–water partition coefficient (Wildman–Crippen LogP) is 3.24. The standard InChI is InChI=1S/C30H36N6O3/c1-4-26(37)36-17-16-35(19-23(36)18-31-2)27-24-12-14-30(13-11-21-8-5-6-10-25(21)30)39-28(24)33-29(32-27)38-20-22-9-7-15-34(22)3/h4-6,8,10,22-23H,1,7,9,11-20H2,3H3/t22-,23-,30?/m0/s1. The molecule has 0 N–H and O–H groups in total. The van der Waals surface area contributed by atoms with Gasteiger partial charge in [0.05, 0.1) is 5.56 Å². The Bertz CT molecular complexity index is 1310. The molecule has 1 spiro atoms. The molecule has 2 fully saturated rings. The van der Waals surface area contributed by atoms with Crippen molar-refractivity contribution >= 4 is 11.7 Å². The molecule has 9 heteroatoms. The minimum absolute atomic E-state index is 0.136. The van der Waals surface area contributed by atoms with Gasteiger partial charge in [0.2, 0.25) is 18.3 Å². The number of nitrogens with zero attached hydrogens (tertiary/aromatic N) is 6. The summed E-state index contributed by atoms with van der Waals surface area (Å²) in [4.78, 5) is 32.1. The lowest BCUT2D eigenvalue weighted by molar-refractivity contribution is -0.128. The van der Waals surface area contributed by atoms with Crippen LogP contribution in [0.5, 0.6) is 11.9 Å². The van der Waals surface area contributed by atoms with Crippen molar-refractivity contribution in [1.29, 1.82) is 0 Å². The lowest BCUT2D eigenvalue weighted by Gasteiger charge is -2.41. The first kappa shape index (κ1) is 25.6. The van der Waals surface area contributed by atoms with E-state index in [2.05, 4.69) is 52.5 Å². The fourth-order valence-electron chi connectivity index (χ4n) is 6.72. The van der Waals surface area contributed by atoms with Crippen molar-refractivity contribution in [2.75, 3.05) is 51.3 Å². The zero-order valence-electron chi connectivity index (χ0n) is 22.6. The summed E-state index contributed by atoms with van der Waals surface area (Å²) in [5.74, 6) is 1.27. The number of anilines is 1. The van der Waals surface area contributed by atoms with Crippen molar-refractivity contribution in [1.82, 2.24) is 19.8 Å². The van der Waals surface area contributed by atoms with Gasteiger partial charge >= 0.3 is 6.01 Å². The topological polar surface area (TPSA) is 75.4 Å². The smallest absolute Gasteiger partial charge is 0.321 e. The van der Waals surface area contributed by atoms with Gasteiger partial charge in [0.15, 0.2) is 0 Å². The molecule has 204 valence electrons. The van der Waals surface area contributed by atoms with Crippen LogP contribution in [0.1, 0.15) is 42.4 Å². The maximum Gasteiger partial charge on any atom is 0.321 e. The highest BCUT2D eigenvalue weighted by atomic mass is 16.5. The van der Waals surface area contributed by atoms with Crippen molar-refractivity contribution in [2.45, 2.75) is 56.2 Å². The van der Waals surface area contributed by atoms with Crippen LogP contribution in [0.4, 0.5) is 5.82 Å². The van der Waals surface area contributed by atoms with E-state index in [0.717, 1.165) is 50.0 Å². The summed E-state index contributed by atoms with van der Waals surface area (Å²) in [5.41, 5.74) is 3.22. The number of fused-ring (bicyclic) bond motifs is 3. The third kappa shape index (κ3) is 4.71. The van der Waals surface area contributed by atoms with Gasteiger partial charge in [0.25, 0.3) is 0 Å². The third-order valence-corrected chi connectivity index (χ3v) is 8.92. The van der Waals surface area contributed by atoms with Gasteiger partial charge in [-0.1, -0.05) is 30.8 Å². The fraction of sp³-hybridized carbons (Fsp3) is 0.533. The van der Waals surface area contributed by atoms with E-state index in [1.807, 2.05) is 0 Å². The van der Waals surface area contributed by atoms with E-state index in [0.29, 0.717) is 44.2 Å². The maximum absolute atomic E-state index is 12.5. The first-order valence-corrected chi connectivity index (χ1v) is 14.0. The van der Waals surface area contributed by atoms with Crippen LogP contribution in [-0.4, -0.2) is 84.1 Å². The molecule has 39 heavy (non-hydrogen) atoms. The number of aromatic nitrogens is 2. The lowest BCUT2D eigenvalue weighted by atomic mass is 9.87. The van der Waals surface area contributed by atoms with Crippen molar-refractivity contribution < 1.29 is 14.3 Å². The van der Waals surface area contributed by atoms with Gasteiger partial charge in [-0.3, -0.25) is 4.79 Å². The molecule has 4 aliphatic rings. The molecule has 4 heterocycles. The van der Waals surface area contributed by atoms with Crippen LogP contribution in [0.2, 0.25) is 0 Å². The molecule has 3 aliphatic heterocycles. The van der Waals surface area contributed by atoms with E-state index < -0.39 is 0 Å². The average Bonchev–Trinajstić information content (AvgIpc) is 3.54. The highest BCUT2D eigenvalue weighted by molar-refractivity contribution is 5.87. The second-order valence-corrected chi connectivity index (χ2v) is 11.1. The van der Waals surface area contributed by atoms with Crippen LogP contribution < -0.4 is 14.4 Å². The molecule has 0 radical (unpaired) electrons. The Balaban J connectivity index is 1.33. The molecule has 0 saturated carbocycles. The van der Waals surface area contributed by atoms with Gasteiger partial charge in [-0.05, 0) is 69.3 Å². The van der Waals surface area contributed by atoms with Gasteiger partial charge in [-0.15, -0.1) is 0 Å². The summed E-state index contributed by atoms with van der Waals surface area (Å²) < 4.78 is 13.1. The van der Waals surface area contributed by atoms with Crippen LogP contribution in [0.25, 0.3) is 4.85 Å². The molecule has 1 aliphatic carbocycles. The van der Waals surface area contributed by atoms with Gasteiger partial charge in [0.1, 0.15) is 24.1 Å². The van der Waals surface area contributed by atoms with Gasteiger partial charge in [-0.2, -0.15) is 9.97 Å². The molecular weight excluding hydrogens is 492 g/mol. The van der Waals surface area contributed by atoms with E-state index in [-0.39, 0.29) is 24.1 Å². The quantitative estimate of drug-likeness (QED) is 0.421. The van der Waals surface area contributed by atoms with Crippen molar-refractivity contribution in [3.8, 4) is 11.9 Å². The summed E-state index contributed by atoms with van der Waals surface area (Å²) in [6.07, 6.45) is 7.19. The number of likely N-dealkylation sites (tertiary alicyclic amines) is 1. The van der Waals surface area contributed by atoms with E-state index in [4.69, 9.17) is 26.0 Å². The Morgan fingerprint density at radius 1 is 1.23 bits per heavy atom. The summed E-state index contributed by atoms with van der Waals surface area (Å²) in [7, 11) is 2.13. The maximum atomic E-state index is 12.5. The Morgan fingerprint density at radius 2 is 2.08 bits per heavy atom. The largest absolute Gasteiger partial charge is 0.466 e. The highest BCUT2D eigenvalue weighted by Gasteiger charge is 2.45. The molecule has 2 aromatic rings. The normalized spacial score (nSPS) is 26.1. The monoisotopic (exact) mass is 528 g/mol. The number of carbonyl (C=O) groups excluding carboxylic acids is 1. The fourth-order valence-corrected chi connectivity index (χ4v) is 6.72. The van der Waals surface area contributed by atoms with Crippen LogP contribution in [0.3, 0.4) is 0 Å².